The summed E-state index contributed by atoms with van der Waals surface area (Å²) in [4.78, 5) is 0. The molecule has 0 aliphatic carbocycles. The number of thiophene rings is 1. The van der Waals surface area contributed by atoms with Gasteiger partial charge in [-0.1, -0.05) is 6.07 Å². The zero-order valence-electron chi connectivity index (χ0n) is 9.16. The molecule has 0 aliphatic heterocycles. The predicted octanol–water partition coefficient (Wildman–Crippen LogP) is 3.85. The van der Waals surface area contributed by atoms with Crippen LogP contribution in [0.4, 0.5) is 10.1 Å². The maximum absolute atomic E-state index is 13.0. The standard InChI is InChI=1S/C13H14FNS/c1-10-2-3-12(14)8-13(10)15-6-4-11-5-7-16-9-11/h2-3,5,7-9,15H,4,6H2,1H3. The largest absolute Gasteiger partial charge is 0.384 e. The van der Waals surface area contributed by atoms with Crippen LogP contribution in [0.15, 0.2) is 35.0 Å². The number of benzene rings is 1. The molecule has 0 aliphatic rings. The van der Waals surface area contributed by atoms with Crippen molar-refractivity contribution in [3.8, 4) is 0 Å². The molecule has 1 aromatic heterocycles. The summed E-state index contributed by atoms with van der Waals surface area (Å²) in [6.45, 7) is 2.81. The molecular formula is C13H14FNS. The van der Waals surface area contributed by atoms with Gasteiger partial charge in [-0.3, -0.25) is 0 Å². The molecule has 1 aromatic carbocycles. The van der Waals surface area contributed by atoms with Gasteiger partial charge >= 0.3 is 0 Å². The van der Waals surface area contributed by atoms with Gasteiger partial charge in [-0.15, -0.1) is 0 Å². The van der Waals surface area contributed by atoms with Crippen LogP contribution in [0.25, 0.3) is 0 Å². The molecule has 1 heterocycles. The molecule has 0 saturated heterocycles. The Morgan fingerprint density at radius 1 is 1.31 bits per heavy atom. The molecule has 84 valence electrons. The lowest BCUT2D eigenvalue weighted by Gasteiger charge is -2.08. The van der Waals surface area contributed by atoms with Crippen LogP contribution in [0.5, 0.6) is 0 Å². The third-order valence-electron chi connectivity index (χ3n) is 2.51. The van der Waals surface area contributed by atoms with E-state index >= 15 is 0 Å². The van der Waals surface area contributed by atoms with Crippen molar-refractivity contribution in [2.45, 2.75) is 13.3 Å². The number of hydrogen-bond acceptors (Lipinski definition) is 2. The van der Waals surface area contributed by atoms with Crippen molar-refractivity contribution in [1.29, 1.82) is 0 Å². The maximum atomic E-state index is 13.0. The zero-order chi connectivity index (χ0) is 11.4. The van der Waals surface area contributed by atoms with Gasteiger partial charge in [0.15, 0.2) is 0 Å². The van der Waals surface area contributed by atoms with Gasteiger partial charge in [0.05, 0.1) is 0 Å². The summed E-state index contributed by atoms with van der Waals surface area (Å²) < 4.78 is 13.0. The summed E-state index contributed by atoms with van der Waals surface area (Å²) >= 11 is 1.70. The molecule has 0 atom stereocenters. The van der Waals surface area contributed by atoms with E-state index in [2.05, 4.69) is 22.1 Å². The van der Waals surface area contributed by atoms with Crippen LogP contribution < -0.4 is 5.32 Å². The van der Waals surface area contributed by atoms with Crippen LogP contribution in [0.3, 0.4) is 0 Å². The molecule has 1 nitrogen and oxygen atoms in total. The number of aryl methyl sites for hydroxylation is 1. The molecule has 0 amide bonds. The first kappa shape index (κ1) is 11.1. The Balaban J connectivity index is 1.92. The highest BCUT2D eigenvalue weighted by Gasteiger charge is 1.99. The molecule has 16 heavy (non-hydrogen) atoms. The summed E-state index contributed by atoms with van der Waals surface area (Å²) in [5, 5.41) is 7.47. The Kier molecular flexibility index (Phi) is 3.57. The Morgan fingerprint density at radius 3 is 2.94 bits per heavy atom. The summed E-state index contributed by atoms with van der Waals surface area (Å²) in [5.74, 6) is -0.191. The lowest BCUT2D eigenvalue weighted by Crippen LogP contribution is -2.05. The molecule has 3 heteroatoms. The topological polar surface area (TPSA) is 12.0 Å². The first-order valence-corrected chi connectivity index (χ1v) is 6.21. The molecule has 0 spiro atoms. The summed E-state index contributed by atoms with van der Waals surface area (Å²) in [7, 11) is 0. The monoisotopic (exact) mass is 235 g/mol. The van der Waals surface area contributed by atoms with E-state index in [9.17, 15) is 4.39 Å². The van der Waals surface area contributed by atoms with Crippen LogP contribution in [0.2, 0.25) is 0 Å². The SMILES string of the molecule is Cc1ccc(F)cc1NCCc1ccsc1. The fraction of sp³-hybridized carbons (Fsp3) is 0.231. The molecule has 0 radical (unpaired) electrons. The average Bonchev–Trinajstić information content (AvgIpc) is 2.76. The Bertz CT molecular complexity index is 451. The van der Waals surface area contributed by atoms with Crippen LogP contribution in [-0.4, -0.2) is 6.54 Å². The fourth-order valence-electron chi connectivity index (χ4n) is 1.56. The third kappa shape index (κ3) is 2.83. The van der Waals surface area contributed by atoms with Crippen LogP contribution in [0.1, 0.15) is 11.1 Å². The number of halogens is 1. The van der Waals surface area contributed by atoms with Gasteiger partial charge < -0.3 is 5.32 Å². The Morgan fingerprint density at radius 2 is 2.19 bits per heavy atom. The van der Waals surface area contributed by atoms with Gasteiger partial charge in [-0.25, -0.2) is 4.39 Å². The van der Waals surface area contributed by atoms with E-state index in [1.807, 2.05) is 6.92 Å². The van der Waals surface area contributed by atoms with Gasteiger partial charge in [-0.05, 0) is 53.4 Å². The van der Waals surface area contributed by atoms with E-state index in [-0.39, 0.29) is 5.82 Å². The van der Waals surface area contributed by atoms with Crippen molar-refractivity contribution in [2.24, 2.45) is 0 Å². The molecular weight excluding hydrogens is 221 g/mol. The first-order valence-electron chi connectivity index (χ1n) is 5.27. The highest BCUT2D eigenvalue weighted by molar-refractivity contribution is 7.07. The van der Waals surface area contributed by atoms with Crippen molar-refractivity contribution < 1.29 is 4.39 Å². The van der Waals surface area contributed by atoms with E-state index in [0.717, 1.165) is 24.2 Å². The number of nitrogens with one attached hydrogen (secondary N) is 1. The zero-order valence-corrected chi connectivity index (χ0v) is 9.98. The highest BCUT2D eigenvalue weighted by Crippen LogP contribution is 2.16. The molecule has 2 rings (SSSR count). The second kappa shape index (κ2) is 5.12. The molecule has 0 saturated carbocycles. The average molecular weight is 235 g/mol. The van der Waals surface area contributed by atoms with Crippen LogP contribution >= 0.6 is 11.3 Å². The quantitative estimate of drug-likeness (QED) is 0.848. The lowest BCUT2D eigenvalue weighted by molar-refractivity contribution is 0.628. The van der Waals surface area contributed by atoms with E-state index in [1.165, 1.54) is 11.6 Å². The molecule has 0 fully saturated rings. The van der Waals surface area contributed by atoms with E-state index in [4.69, 9.17) is 0 Å². The molecule has 0 bridgehead atoms. The molecule has 0 unspecified atom stereocenters. The van der Waals surface area contributed by atoms with Crippen molar-refractivity contribution in [1.82, 2.24) is 0 Å². The fourth-order valence-corrected chi connectivity index (χ4v) is 2.26. The highest BCUT2D eigenvalue weighted by atomic mass is 32.1. The van der Waals surface area contributed by atoms with Crippen molar-refractivity contribution in [3.63, 3.8) is 0 Å². The van der Waals surface area contributed by atoms with Crippen molar-refractivity contribution >= 4 is 17.0 Å². The number of anilines is 1. The van der Waals surface area contributed by atoms with Crippen LogP contribution in [0, 0.1) is 12.7 Å². The maximum Gasteiger partial charge on any atom is 0.125 e. The van der Waals surface area contributed by atoms with Crippen LogP contribution in [-0.2, 0) is 6.42 Å². The van der Waals surface area contributed by atoms with Crippen molar-refractivity contribution in [2.75, 3.05) is 11.9 Å². The number of rotatable bonds is 4. The van der Waals surface area contributed by atoms with E-state index < -0.39 is 0 Å². The minimum absolute atomic E-state index is 0.191. The van der Waals surface area contributed by atoms with Crippen molar-refractivity contribution in [3.05, 3.63) is 52.0 Å². The first-order chi connectivity index (χ1) is 7.75. The lowest BCUT2D eigenvalue weighted by atomic mass is 10.2. The molecule has 1 N–H and O–H groups in total. The normalized spacial score (nSPS) is 10.4. The minimum Gasteiger partial charge on any atom is -0.384 e. The minimum atomic E-state index is -0.191. The second-order valence-corrected chi connectivity index (χ2v) is 4.55. The summed E-state index contributed by atoms with van der Waals surface area (Å²) in [6, 6.07) is 6.94. The Labute approximate surface area is 98.9 Å². The number of hydrogen-bond donors (Lipinski definition) is 1. The summed E-state index contributed by atoms with van der Waals surface area (Å²) in [5.41, 5.74) is 3.29. The Hall–Kier alpha value is -1.35. The predicted molar refractivity (Wildman–Crippen MR) is 67.6 cm³/mol. The molecule has 2 aromatic rings. The van der Waals surface area contributed by atoms with E-state index in [0.29, 0.717) is 0 Å². The summed E-state index contributed by atoms with van der Waals surface area (Å²) in [6.07, 6.45) is 0.972. The van der Waals surface area contributed by atoms with E-state index in [1.54, 1.807) is 23.5 Å². The smallest absolute Gasteiger partial charge is 0.125 e. The van der Waals surface area contributed by atoms with Gasteiger partial charge in [0, 0.05) is 12.2 Å². The van der Waals surface area contributed by atoms with Gasteiger partial charge in [0.2, 0.25) is 0 Å². The van der Waals surface area contributed by atoms with Gasteiger partial charge in [0.1, 0.15) is 5.82 Å². The second-order valence-electron chi connectivity index (χ2n) is 3.77. The third-order valence-corrected chi connectivity index (χ3v) is 3.24. The van der Waals surface area contributed by atoms with Gasteiger partial charge in [0.25, 0.3) is 0 Å². The van der Waals surface area contributed by atoms with Gasteiger partial charge in [-0.2, -0.15) is 11.3 Å².